The third-order valence-corrected chi connectivity index (χ3v) is 3.98. The zero-order valence-corrected chi connectivity index (χ0v) is 17.0. The van der Waals surface area contributed by atoms with E-state index in [1.165, 1.54) is 13.2 Å². The highest BCUT2D eigenvalue weighted by Gasteiger charge is 2.14. The number of amides is 3. The molecule has 3 N–H and O–H groups in total. The average molecular weight is 421 g/mol. The van der Waals surface area contributed by atoms with Crippen LogP contribution in [0.3, 0.4) is 0 Å². The van der Waals surface area contributed by atoms with E-state index in [1.54, 1.807) is 36.4 Å². The molecule has 0 heterocycles. The highest BCUT2D eigenvalue weighted by molar-refractivity contribution is 6.03. The van der Waals surface area contributed by atoms with Gasteiger partial charge in [-0.3, -0.25) is 4.79 Å². The number of para-hydroxylation sites is 1. The van der Waals surface area contributed by atoms with Crippen molar-refractivity contribution in [2.24, 2.45) is 0 Å². The fraction of sp³-hybridized carbons (Fsp3) is 0.333. The van der Waals surface area contributed by atoms with E-state index in [1.807, 2.05) is 13.8 Å². The number of carbonyl (C=O) groups is 2. The fourth-order valence-electron chi connectivity index (χ4n) is 2.69. The standard InChI is InChI=1S/C21H25F2N3O4/c1-13(2)25-21(28)26-16-7-5-4-6-15(16)19(27)24-11-10-14-8-9-17(30-20(22)23)18(12-14)29-3/h4-9,12-13,20H,10-11H2,1-3H3,(H,24,27)(H2,25,26,28). The second kappa shape index (κ2) is 11.0. The molecule has 0 aliphatic heterocycles. The van der Waals surface area contributed by atoms with Gasteiger partial charge in [0.2, 0.25) is 0 Å². The van der Waals surface area contributed by atoms with Crippen molar-refractivity contribution in [3.63, 3.8) is 0 Å². The summed E-state index contributed by atoms with van der Waals surface area (Å²) in [4.78, 5) is 24.5. The summed E-state index contributed by atoms with van der Waals surface area (Å²) in [5.41, 5.74) is 1.49. The SMILES string of the molecule is COc1cc(CCNC(=O)c2ccccc2NC(=O)NC(C)C)ccc1OC(F)F. The first-order valence-corrected chi connectivity index (χ1v) is 9.36. The molecule has 0 radical (unpaired) electrons. The molecule has 0 saturated heterocycles. The fourth-order valence-corrected chi connectivity index (χ4v) is 2.69. The number of nitrogens with one attached hydrogen (secondary N) is 3. The Balaban J connectivity index is 1.97. The molecule has 0 unspecified atom stereocenters. The molecule has 0 aliphatic rings. The van der Waals surface area contributed by atoms with E-state index >= 15 is 0 Å². The Morgan fingerprint density at radius 1 is 1.07 bits per heavy atom. The van der Waals surface area contributed by atoms with Gasteiger partial charge in [-0.2, -0.15) is 8.78 Å². The van der Waals surface area contributed by atoms with Crippen LogP contribution in [0.4, 0.5) is 19.3 Å². The smallest absolute Gasteiger partial charge is 0.387 e. The van der Waals surface area contributed by atoms with Gasteiger partial charge in [-0.05, 0) is 50.1 Å². The molecule has 0 fully saturated rings. The monoisotopic (exact) mass is 421 g/mol. The average Bonchev–Trinajstić information content (AvgIpc) is 2.68. The summed E-state index contributed by atoms with van der Waals surface area (Å²) in [5, 5.41) is 8.15. The van der Waals surface area contributed by atoms with E-state index in [0.717, 1.165) is 5.56 Å². The Kier molecular flexibility index (Phi) is 8.40. The Bertz CT molecular complexity index is 875. The first kappa shape index (κ1) is 22.9. The van der Waals surface area contributed by atoms with Crippen molar-refractivity contribution in [1.82, 2.24) is 10.6 Å². The van der Waals surface area contributed by atoms with Crippen molar-refractivity contribution in [2.45, 2.75) is 32.9 Å². The molecule has 162 valence electrons. The molecular weight excluding hydrogens is 396 g/mol. The molecule has 7 nitrogen and oxygen atoms in total. The summed E-state index contributed by atoms with van der Waals surface area (Å²) in [6.07, 6.45) is 0.445. The van der Waals surface area contributed by atoms with E-state index in [2.05, 4.69) is 20.7 Å². The molecule has 0 aromatic heterocycles. The Hall–Kier alpha value is -3.36. The van der Waals surface area contributed by atoms with Crippen LogP contribution in [0.25, 0.3) is 0 Å². The van der Waals surface area contributed by atoms with Crippen LogP contribution >= 0.6 is 0 Å². The van der Waals surface area contributed by atoms with Gasteiger partial charge in [0, 0.05) is 12.6 Å². The molecule has 0 atom stereocenters. The largest absolute Gasteiger partial charge is 0.493 e. The lowest BCUT2D eigenvalue weighted by atomic mass is 10.1. The van der Waals surface area contributed by atoms with Gasteiger partial charge in [0.1, 0.15) is 0 Å². The normalized spacial score (nSPS) is 10.6. The number of hydrogen-bond donors (Lipinski definition) is 3. The molecule has 2 aromatic rings. The second-order valence-electron chi connectivity index (χ2n) is 6.67. The highest BCUT2D eigenvalue weighted by atomic mass is 19.3. The molecule has 2 aromatic carbocycles. The molecule has 0 bridgehead atoms. The van der Waals surface area contributed by atoms with Crippen LogP contribution < -0.4 is 25.4 Å². The van der Waals surface area contributed by atoms with Crippen molar-refractivity contribution in [3.05, 3.63) is 53.6 Å². The van der Waals surface area contributed by atoms with Crippen molar-refractivity contribution >= 4 is 17.6 Å². The topological polar surface area (TPSA) is 88.7 Å². The van der Waals surface area contributed by atoms with E-state index in [-0.39, 0.29) is 23.4 Å². The van der Waals surface area contributed by atoms with Gasteiger partial charge < -0.3 is 25.4 Å². The first-order valence-electron chi connectivity index (χ1n) is 9.36. The second-order valence-corrected chi connectivity index (χ2v) is 6.67. The van der Waals surface area contributed by atoms with Gasteiger partial charge >= 0.3 is 12.6 Å². The molecule has 0 aliphatic carbocycles. The summed E-state index contributed by atoms with van der Waals surface area (Å²) >= 11 is 0. The zero-order valence-electron chi connectivity index (χ0n) is 17.0. The van der Waals surface area contributed by atoms with Gasteiger partial charge in [0.05, 0.1) is 18.4 Å². The van der Waals surface area contributed by atoms with Gasteiger partial charge in [0.25, 0.3) is 5.91 Å². The van der Waals surface area contributed by atoms with Gasteiger partial charge in [-0.1, -0.05) is 18.2 Å². The minimum atomic E-state index is -2.94. The maximum atomic E-state index is 12.5. The summed E-state index contributed by atoms with van der Waals surface area (Å²) < 4.78 is 34.3. The number of ether oxygens (including phenoxy) is 2. The molecule has 2 rings (SSSR count). The van der Waals surface area contributed by atoms with Crippen molar-refractivity contribution in [2.75, 3.05) is 19.0 Å². The van der Waals surface area contributed by atoms with Crippen molar-refractivity contribution in [1.29, 1.82) is 0 Å². The zero-order chi connectivity index (χ0) is 22.1. The Labute approximate surface area is 173 Å². The lowest BCUT2D eigenvalue weighted by Gasteiger charge is -2.14. The van der Waals surface area contributed by atoms with Crippen LogP contribution in [0, 0.1) is 0 Å². The van der Waals surface area contributed by atoms with E-state index in [4.69, 9.17) is 4.74 Å². The van der Waals surface area contributed by atoms with Gasteiger partial charge in [-0.25, -0.2) is 4.79 Å². The predicted octanol–water partition coefficient (Wildman–Crippen LogP) is 3.80. The van der Waals surface area contributed by atoms with E-state index in [0.29, 0.717) is 24.2 Å². The number of alkyl halides is 2. The first-order chi connectivity index (χ1) is 14.3. The van der Waals surface area contributed by atoms with Gasteiger partial charge in [0.15, 0.2) is 11.5 Å². The van der Waals surface area contributed by atoms with Crippen LogP contribution in [0.1, 0.15) is 29.8 Å². The maximum Gasteiger partial charge on any atom is 0.387 e. The van der Waals surface area contributed by atoms with E-state index < -0.39 is 12.6 Å². The Morgan fingerprint density at radius 2 is 1.80 bits per heavy atom. The van der Waals surface area contributed by atoms with Crippen LogP contribution in [0.2, 0.25) is 0 Å². The van der Waals surface area contributed by atoms with Crippen LogP contribution in [-0.2, 0) is 6.42 Å². The number of benzene rings is 2. The number of halogens is 2. The predicted molar refractivity (Wildman–Crippen MR) is 109 cm³/mol. The van der Waals surface area contributed by atoms with Crippen LogP contribution in [0.5, 0.6) is 11.5 Å². The van der Waals surface area contributed by atoms with Crippen LogP contribution in [-0.4, -0.2) is 38.2 Å². The molecule has 0 saturated carbocycles. The molecule has 9 heteroatoms. The molecule has 0 spiro atoms. The van der Waals surface area contributed by atoms with Gasteiger partial charge in [-0.15, -0.1) is 0 Å². The van der Waals surface area contributed by atoms with Crippen LogP contribution in [0.15, 0.2) is 42.5 Å². The molecular formula is C21H25F2N3O4. The summed E-state index contributed by atoms with van der Waals surface area (Å²) in [5.74, 6) is -0.218. The lowest BCUT2D eigenvalue weighted by Crippen LogP contribution is -2.35. The minimum Gasteiger partial charge on any atom is -0.493 e. The minimum absolute atomic E-state index is 0.0412. The number of urea groups is 1. The third kappa shape index (κ3) is 6.91. The quantitative estimate of drug-likeness (QED) is 0.575. The third-order valence-electron chi connectivity index (χ3n) is 3.98. The maximum absolute atomic E-state index is 12.5. The number of rotatable bonds is 9. The summed E-state index contributed by atoms with van der Waals surface area (Å²) in [6, 6.07) is 10.8. The molecule has 30 heavy (non-hydrogen) atoms. The van der Waals surface area contributed by atoms with Crippen molar-refractivity contribution < 1.29 is 27.8 Å². The summed E-state index contributed by atoms with van der Waals surface area (Å²) in [6.45, 7) is 1.02. The van der Waals surface area contributed by atoms with Crippen molar-refractivity contribution in [3.8, 4) is 11.5 Å². The number of methoxy groups -OCH3 is 1. The molecule has 3 amide bonds. The summed E-state index contributed by atoms with van der Waals surface area (Å²) in [7, 11) is 1.36. The Morgan fingerprint density at radius 3 is 2.47 bits per heavy atom. The number of anilines is 1. The lowest BCUT2D eigenvalue weighted by molar-refractivity contribution is -0.0512. The number of carbonyl (C=O) groups excluding carboxylic acids is 2. The van der Waals surface area contributed by atoms with E-state index in [9.17, 15) is 18.4 Å². The number of hydrogen-bond acceptors (Lipinski definition) is 4. The highest BCUT2D eigenvalue weighted by Crippen LogP contribution is 2.29.